The van der Waals surface area contributed by atoms with E-state index in [0.717, 1.165) is 45.3 Å². The first-order valence-electron chi connectivity index (χ1n) is 11.0. The molecule has 33 heavy (non-hydrogen) atoms. The minimum absolute atomic E-state index is 0.133. The third-order valence-corrected chi connectivity index (χ3v) is 6.56. The number of ether oxygens (including phenoxy) is 2. The molecule has 0 saturated carbocycles. The van der Waals surface area contributed by atoms with Gasteiger partial charge in [-0.25, -0.2) is 4.79 Å². The van der Waals surface area contributed by atoms with Crippen LogP contribution in [-0.2, 0) is 9.53 Å². The second-order valence-electron chi connectivity index (χ2n) is 9.42. The Morgan fingerprint density at radius 3 is 2.70 bits per heavy atom. The topological polar surface area (TPSA) is 77.5 Å². The van der Waals surface area contributed by atoms with Crippen LogP contribution >= 0.6 is 0 Å². The lowest BCUT2D eigenvalue weighted by atomic mass is 9.68. The van der Waals surface area contributed by atoms with Crippen LogP contribution in [0, 0.1) is 5.41 Å². The average molecular weight is 443 g/mol. The second kappa shape index (κ2) is 7.73. The van der Waals surface area contributed by atoms with E-state index in [1.165, 1.54) is 14.2 Å². The van der Waals surface area contributed by atoms with Crippen LogP contribution in [0.3, 0.4) is 0 Å². The molecule has 0 fully saturated rings. The molecule has 3 aromatic rings. The Labute approximate surface area is 192 Å². The van der Waals surface area contributed by atoms with Gasteiger partial charge in [0, 0.05) is 34.8 Å². The summed E-state index contributed by atoms with van der Waals surface area (Å²) in [6.07, 6.45) is 3.07. The summed E-state index contributed by atoms with van der Waals surface area (Å²) < 4.78 is 10.4. The molecule has 0 amide bonds. The SMILES string of the molecule is COC(=O)c1ccc([C@@H]2Nc3ccc4ncccc4c3C3=C2C(=O)CC(C)(C)C3)cc1OC. The van der Waals surface area contributed by atoms with Crippen LogP contribution in [-0.4, -0.2) is 31.0 Å². The smallest absolute Gasteiger partial charge is 0.341 e. The van der Waals surface area contributed by atoms with Gasteiger partial charge in [0.1, 0.15) is 11.3 Å². The molecule has 0 unspecified atom stereocenters. The zero-order valence-corrected chi connectivity index (χ0v) is 19.2. The van der Waals surface area contributed by atoms with E-state index in [1.54, 1.807) is 12.3 Å². The molecule has 168 valence electrons. The lowest BCUT2D eigenvalue weighted by Gasteiger charge is -2.40. The van der Waals surface area contributed by atoms with Gasteiger partial charge in [-0.2, -0.15) is 0 Å². The lowest BCUT2D eigenvalue weighted by Crippen LogP contribution is -2.33. The molecule has 5 rings (SSSR count). The number of ketones is 1. The molecule has 2 aliphatic rings. The molecule has 1 aliphatic heterocycles. The quantitative estimate of drug-likeness (QED) is 0.552. The fourth-order valence-electron chi connectivity index (χ4n) is 5.13. The van der Waals surface area contributed by atoms with E-state index < -0.39 is 5.97 Å². The number of nitrogens with zero attached hydrogens (tertiary/aromatic N) is 1. The van der Waals surface area contributed by atoms with Crippen molar-refractivity contribution in [2.45, 2.75) is 32.7 Å². The highest BCUT2D eigenvalue weighted by atomic mass is 16.5. The van der Waals surface area contributed by atoms with Gasteiger partial charge in [-0.1, -0.05) is 26.0 Å². The summed E-state index contributed by atoms with van der Waals surface area (Å²) in [7, 11) is 2.86. The summed E-state index contributed by atoms with van der Waals surface area (Å²) in [6, 6.07) is 13.1. The average Bonchev–Trinajstić information content (AvgIpc) is 2.81. The van der Waals surface area contributed by atoms with Crippen molar-refractivity contribution in [3.8, 4) is 5.75 Å². The molecular weight excluding hydrogens is 416 g/mol. The number of aromatic nitrogens is 1. The Hall–Kier alpha value is -3.67. The first kappa shape index (κ1) is 21.2. The van der Waals surface area contributed by atoms with Gasteiger partial charge >= 0.3 is 5.97 Å². The van der Waals surface area contributed by atoms with Gasteiger partial charge in [0.2, 0.25) is 0 Å². The van der Waals surface area contributed by atoms with Crippen molar-refractivity contribution >= 4 is 33.9 Å². The zero-order chi connectivity index (χ0) is 23.3. The maximum absolute atomic E-state index is 13.5. The van der Waals surface area contributed by atoms with Gasteiger partial charge in [0.05, 0.1) is 25.8 Å². The van der Waals surface area contributed by atoms with Gasteiger partial charge in [-0.05, 0) is 53.3 Å². The number of fused-ring (bicyclic) bond motifs is 4. The standard InChI is InChI=1S/C27H26N2O4/c1-27(2)13-18-23-16-6-5-11-28-19(16)9-10-20(23)29-25(24(18)21(30)14-27)15-7-8-17(26(31)33-4)22(12-15)32-3/h5-12,25,29H,13-14H2,1-4H3/t25-/m0/s1. The normalized spacial score (nSPS) is 18.9. The Kier molecular flexibility index (Phi) is 4.96. The summed E-state index contributed by atoms with van der Waals surface area (Å²) in [6.45, 7) is 4.28. The Morgan fingerprint density at radius 1 is 1.12 bits per heavy atom. The first-order chi connectivity index (χ1) is 15.8. The van der Waals surface area contributed by atoms with Crippen molar-refractivity contribution < 1.29 is 19.1 Å². The number of carbonyl (C=O) groups excluding carboxylic acids is 2. The van der Waals surface area contributed by atoms with Crippen LogP contribution in [0.2, 0.25) is 0 Å². The number of allylic oxidation sites excluding steroid dienone is 1. The molecule has 1 atom stereocenters. The summed E-state index contributed by atoms with van der Waals surface area (Å²) in [4.78, 5) is 30.2. The molecule has 1 aliphatic carbocycles. The van der Waals surface area contributed by atoms with E-state index in [2.05, 4.69) is 30.2 Å². The Bertz CT molecular complexity index is 1340. The fraction of sp³-hybridized carbons (Fsp3) is 0.296. The monoisotopic (exact) mass is 442 g/mol. The maximum atomic E-state index is 13.5. The molecule has 1 aromatic heterocycles. The van der Waals surface area contributed by atoms with E-state index in [4.69, 9.17) is 9.47 Å². The molecule has 0 bridgehead atoms. The maximum Gasteiger partial charge on any atom is 0.341 e. The molecule has 2 aromatic carbocycles. The van der Waals surface area contributed by atoms with Gasteiger partial charge in [-0.15, -0.1) is 0 Å². The second-order valence-corrected chi connectivity index (χ2v) is 9.42. The van der Waals surface area contributed by atoms with Crippen LogP contribution in [0.5, 0.6) is 5.75 Å². The molecular formula is C27H26N2O4. The highest BCUT2D eigenvalue weighted by molar-refractivity contribution is 6.12. The molecule has 0 spiro atoms. The van der Waals surface area contributed by atoms with Crippen LogP contribution in [0.15, 0.2) is 54.2 Å². The number of benzene rings is 2. The van der Waals surface area contributed by atoms with Crippen molar-refractivity contribution in [1.29, 1.82) is 0 Å². The van der Waals surface area contributed by atoms with Crippen molar-refractivity contribution in [1.82, 2.24) is 4.98 Å². The number of hydrogen-bond acceptors (Lipinski definition) is 6. The molecule has 6 nitrogen and oxygen atoms in total. The summed E-state index contributed by atoms with van der Waals surface area (Å²) in [5.74, 6) is 0.0939. The number of anilines is 1. The predicted molar refractivity (Wildman–Crippen MR) is 127 cm³/mol. The number of esters is 1. The molecule has 0 radical (unpaired) electrons. The third-order valence-electron chi connectivity index (χ3n) is 6.56. The molecule has 0 saturated heterocycles. The van der Waals surface area contributed by atoms with Gasteiger partial charge < -0.3 is 14.8 Å². The van der Waals surface area contributed by atoms with Crippen molar-refractivity contribution in [2.75, 3.05) is 19.5 Å². The van der Waals surface area contributed by atoms with Crippen LogP contribution in [0.25, 0.3) is 16.5 Å². The number of hydrogen-bond donors (Lipinski definition) is 1. The summed E-state index contributed by atoms with van der Waals surface area (Å²) in [5, 5.41) is 4.64. The van der Waals surface area contributed by atoms with Crippen molar-refractivity contribution in [3.05, 3.63) is 70.9 Å². The number of Topliss-reactive ketones (excluding diaryl/α,β-unsaturated/α-hetero) is 1. The van der Waals surface area contributed by atoms with E-state index in [0.29, 0.717) is 17.7 Å². The number of pyridine rings is 1. The van der Waals surface area contributed by atoms with Gasteiger partial charge in [0.15, 0.2) is 5.78 Å². The molecule has 6 heteroatoms. The van der Waals surface area contributed by atoms with Crippen LogP contribution in [0.4, 0.5) is 5.69 Å². The van der Waals surface area contributed by atoms with E-state index >= 15 is 0 Å². The highest BCUT2D eigenvalue weighted by Crippen LogP contribution is 2.52. The zero-order valence-electron chi connectivity index (χ0n) is 19.2. The van der Waals surface area contributed by atoms with Crippen LogP contribution < -0.4 is 10.1 Å². The van der Waals surface area contributed by atoms with Gasteiger partial charge in [-0.3, -0.25) is 9.78 Å². The minimum atomic E-state index is -0.463. The molecule has 2 heterocycles. The number of methoxy groups -OCH3 is 2. The van der Waals surface area contributed by atoms with Crippen molar-refractivity contribution in [3.63, 3.8) is 0 Å². The van der Waals surface area contributed by atoms with Gasteiger partial charge in [0.25, 0.3) is 0 Å². The highest BCUT2D eigenvalue weighted by Gasteiger charge is 2.41. The summed E-state index contributed by atoms with van der Waals surface area (Å²) in [5.41, 5.74) is 5.87. The molecule has 1 N–H and O–H groups in total. The van der Waals surface area contributed by atoms with E-state index in [-0.39, 0.29) is 17.2 Å². The summed E-state index contributed by atoms with van der Waals surface area (Å²) >= 11 is 0. The Morgan fingerprint density at radius 2 is 1.94 bits per heavy atom. The van der Waals surface area contributed by atoms with E-state index in [9.17, 15) is 9.59 Å². The Balaban J connectivity index is 1.73. The first-order valence-corrected chi connectivity index (χ1v) is 11.0. The fourth-order valence-corrected chi connectivity index (χ4v) is 5.13. The predicted octanol–water partition coefficient (Wildman–Crippen LogP) is 5.34. The number of carbonyl (C=O) groups is 2. The number of rotatable bonds is 3. The minimum Gasteiger partial charge on any atom is -0.496 e. The van der Waals surface area contributed by atoms with Crippen LogP contribution in [0.1, 0.15) is 54.2 Å². The van der Waals surface area contributed by atoms with E-state index in [1.807, 2.05) is 30.3 Å². The lowest BCUT2D eigenvalue weighted by molar-refractivity contribution is -0.118. The van der Waals surface area contributed by atoms with Crippen molar-refractivity contribution in [2.24, 2.45) is 5.41 Å². The third kappa shape index (κ3) is 3.46. The number of nitrogens with one attached hydrogen (secondary N) is 1. The largest absolute Gasteiger partial charge is 0.496 e.